The van der Waals surface area contributed by atoms with Crippen LogP contribution in [0.4, 0.5) is 0 Å². The molecule has 0 aliphatic carbocycles. The Labute approximate surface area is 109 Å². The molecule has 1 aromatic rings. The van der Waals surface area contributed by atoms with Crippen LogP contribution in [-0.4, -0.2) is 39.9 Å². The van der Waals surface area contributed by atoms with Crippen LogP contribution in [0.1, 0.15) is 44.2 Å². The molecule has 2 fully saturated rings. The Hall–Kier alpha value is -0.870. The molecule has 100 valence electrons. The third kappa shape index (κ3) is 2.45. The minimum absolute atomic E-state index is 0.414. The first-order chi connectivity index (χ1) is 8.72. The van der Waals surface area contributed by atoms with Gasteiger partial charge < -0.3 is 10.2 Å². The van der Waals surface area contributed by atoms with Gasteiger partial charge in [0.05, 0.1) is 6.20 Å². The van der Waals surface area contributed by atoms with Crippen molar-refractivity contribution in [3.63, 3.8) is 0 Å². The molecule has 4 heteroatoms. The summed E-state index contributed by atoms with van der Waals surface area (Å²) in [6, 6.07) is 1.94. The van der Waals surface area contributed by atoms with Gasteiger partial charge in [-0.25, -0.2) is 0 Å². The van der Waals surface area contributed by atoms with E-state index in [1.54, 1.807) is 0 Å². The fourth-order valence-corrected chi connectivity index (χ4v) is 3.49. The van der Waals surface area contributed by atoms with Gasteiger partial charge in [0.2, 0.25) is 0 Å². The van der Waals surface area contributed by atoms with Crippen molar-refractivity contribution in [3.05, 3.63) is 18.0 Å². The zero-order chi connectivity index (χ0) is 12.5. The first kappa shape index (κ1) is 12.2. The van der Waals surface area contributed by atoms with Gasteiger partial charge in [-0.2, -0.15) is 5.10 Å². The van der Waals surface area contributed by atoms with Crippen molar-refractivity contribution in [2.45, 2.75) is 50.7 Å². The van der Waals surface area contributed by atoms with Crippen LogP contribution in [0.2, 0.25) is 0 Å². The lowest BCUT2D eigenvalue weighted by atomic mass is 9.96. The average Bonchev–Trinajstić information content (AvgIpc) is 2.96. The van der Waals surface area contributed by atoms with Crippen LogP contribution in [-0.2, 0) is 7.05 Å². The third-order valence-electron chi connectivity index (χ3n) is 4.53. The van der Waals surface area contributed by atoms with E-state index in [2.05, 4.69) is 28.4 Å². The van der Waals surface area contributed by atoms with E-state index in [-0.39, 0.29) is 0 Å². The minimum Gasteiger partial charge on any atom is -0.307 e. The summed E-state index contributed by atoms with van der Waals surface area (Å²) >= 11 is 0. The molecule has 1 N–H and O–H groups in total. The zero-order valence-electron chi connectivity index (χ0n) is 11.5. The van der Waals surface area contributed by atoms with Gasteiger partial charge in [0, 0.05) is 36.9 Å². The molecule has 0 bridgehead atoms. The predicted molar refractivity (Wildman–Crippen MR) is 72.4 cm³/mol. The van der Waals surface area contributed by atoms with E-state index >= 15 is 0 Å². The second kappa shape index (κ2) is 5.02. The van der Waals surface area contributed by atoms with E-state index in [0.717, 1.165) is 6.04 Å². The highest BCUT2D eigenvalue weighted by atomic mass is 15.2. The number of hydrogen-bond acceptors (Lipinski definition) is 3. The first-order valence-electron chi connectivity index (χ1n) is 7.21. The molecule has 18 heavy (non-hydrogen) atoms. The molecule has 4 nitrogen and oxygen atoms in total. The van der Waals surface area contributed by atoms with Gasteiger partial charge in [0.1, 0.15) is 0 Å². The molecule has 1 aromatic heterocycles. The summed E-state index contributed by atoms with van der Waals surface area (Å²) in [5, 5.41) is 8.03. The van der Waals surface area contributed by atoms with Crippen molar-refractivity contribution in [2.75, 3.05) is 13.1 Å². The van der Waals surface area contributed by atoms with Gasteiger partial charge in [-0.3, -0.25) is 4.68 Å². The van der Waals surface area contributed by atoms with E-state index < -0.39 is 0 Å². The Morgan fingerprint density at radius 1 is 1.39 bits per heavy atom. The summed E-state index contributed by atoms with van der Waals surface area (Å²) in [5.41, 5.74) is 1.30. The average molecular weight is 248 g/mol. The topological polar surface area (TPSA) is 33.1 Å². The van der Waals surface area contributed by atoms with Gasteiger partial charge >= 0.3 is 0 Å². The van der Waals surface area contributed by atoms with Crippen molar-refractivity contribution in [1.82, 2.24) is 20.0 Å². The highest BCUT2D eigenvalue weighted by molar-refractivity contribution is 5.09. The molecule has 2 aliphatic rings. The normalized spacial score (nSPS) is 30.3. The van der Waals surface area contributed by atoms with Gasteiger partial charge in [0.25, 0.3) is 0 Å². The third-order valence-corrected chi connectivity index (χ3v) is 4.53. The van der Waals surface area contributed by atoms with Crippen LogP contribution in [0.5, 0.6) is 0 Å². The first-order valence-corrected chi connectivity index (χ1v) is 7.21. The van der Waals surface area contributed by atoms with Crippen molar-refractivity contribution in [1.29, 1.82) is 0 Å². The van der Waals surface area contributed by atoms with E-state index in [0.29, 0.717) is 12.1 Å². The minimum atomic E-state index is 0.414. The highest BCUT2D eigenvalue weighted by Crippen LogP contribution is 2.28. The van der Waals surface area contributed by atoms with Crippen LogP contribution in [0.15, 0.2) is 12.4 Å². The molecular formula is C14H24N4. The summed E-state index contributed by atoms with van der Waals surface area (Å²) in [6.45, 7) is 4.86. The van der Waals surface area contributed by atoms with E-state index in [4.69, 9.17) is 0 Å². The van der Waals surface area contributed by atoms with Gasteiger partial charge in [-0.05, 0) is 45.7 Å². The molecule has 0 radical (unpaired) electrons. The van der Waals surface area contributed by atoms with Crippen LogP contribution < -0.4 is 5.32 Å². The van der Waals surface area contributed by atoms with Crippen molar-refractivity contribution in [2.24, 2.45) is 7.05 Å². The SMILES string of the molecule is CC(NC1CCN2CCCC2C1)c1cnn(C)c1. The van der Waals surface area contributed by atoms with Gasteiger partial charge in [-0.15, -0.1) is 0 Å². The number of hydrogen-bond donors (Lipinski definition) is 1. The number of aryl methyl sites for hydroxylation is 1. The fourth-order valence-electron chi connectivity index (χ4n) is 3.49. The van der Waals surface area contributed by atoms with Crippen molar-refractivity contribution >= 4 is 0 Å². The van der Waals surface area contributed by atoms with Crippen LogP contribution in [0.3, 0.4) is 0 Å². The molecule has 0 amide bonds. The smallest absolute Gasteiger partial charge is 0.0537 e. The fraction of sp³-hybridized carbons (Fsp3) is 0.786. The number of fused-ring (bicyclic) bond motifs is 1. The predicted octanol–water partition coefficient (Wildman–Crippen LogP) is 1.70. The Morgan fingerprint density at radius 2 is 2.28 bits per heavy atom. The lowest BCUT2D eigenvalue weighted by Crippen LogP contribution is -2.46. The molecule has 3 unspecified atom stereocenters. The van der Waals surface area contributed by atoms with Gasteiger partial charge in [-0.1, -0.05) is 0 Å². The maximum absolute atomic E-state index is 4.25. The summed E-state index contributed by atoms with van der Waals surface area (Å²) in [6.07, 6.45) is 9.51. The number of nitrogens with one attached hydrogen (secondary N) is 1. The van der Waals surface area contributed by atoms with Gasteiger partial charge in [0.15, 0.2) is 0 Å². The molecular weight excluding hydrogens is 224 g/mol. The maximum Gasteiger partial charge on any atom is 0.0537 e. The number of aromatic nitrogens is 2. The number of piperidine rings is 1. The number of rotatable bonds is 3. The molecule has 0 saturated carbocycles. The van der Waals surface area contributed by atoms with E-state index in [9.17, 15) is 0 Å². The molecule has 3 rings (SSSR count). The molecule has 3 atom stereocenters. The lowest BCUT2D eigenvalue weighted by molar-refractivity contribution is 0.162. The summed E-state index contributed by atoms with van der Waals surface area (Å²) in [4.78, 5) is 2.67. The van der Waals surface area contributed by atoms with E-state index in [1.807, 2.05) is 17.9 Å². The molecule has 3 heterocycles. The monoisotopic (exact) mass is 248 g/mol. The maximum atomic E-state index is 4.25. The Morgan fingerprint density at radius 3 is 3.06 bits per heavy atom. The molecule has 2 saturated heterocycles. The van der Waals surface area contributed by atoms with Crippen LogP contribution in [0, 0.1) is 0 Å². The van der Waals surface area contributed by atoms with Crippen molar-refractivity contribution < 1.29 is 0 Å². The quantitative estimate of drug-likeness (QED) is 0.884. The lowest BCUT2D eigenvalue weighted by Gasteiger charge is -2.36. The Balaban J connectivity index is 1.56. The molecule has 0 spiro atoms. The zero-order valence-corrected chi connectivity index (χ0v) is 11.5. The van der Waals surface area contributed by atoms with Crippen LogP contribution >= 0.6 is 0 Å². The largest absolute Gasteiger partial charge is 0.307 e. The van der Waals surface area contributed by atoms with Crippen LogP contribution in [0.25, 0.3) is 0 Å². The van der Waals surface area contributed by atoms with Crippen molar-refractivity contribution in [3.8, 4) is 0 Å². The van der Waals surface area contributed by atoms with E-state index in [1.165, 1.54) is 44.3 Å². The highest BCUT2D eigenvalue weighted by Gasteiger charge is 2.32. The second-order valence-electron chi connectivity index (χ2n) is 5.89. The summed E-state index contributed by atoms with van der Waals surface area (Å²) in [7, 11) is 1.98. The Kier molecular flexibility index (Phi) is 3.39. The standard InChI is InChI=1S/C14H24N4/c1-11(12-9-15-17(2)10-12)16-13-5-7-18-6-3-4-14(18)8-13/h9-11,13-14,16H,3-8H2,1-2H3. The summed E-state index contributed by atoms with van der Waals surface area (Å²) in [5.74, 6) is 0. The number of nitrogens with zero attached hydrogens (tertiary/aromatic N) is 3. The Bertz CT molecular complexity index is 400. The molecule has 0 aromatic carbocycles. The molecule has 2 aliphatic heterocycles. The second-order valence-corrected chi connectivity index (χ2v) is 5.89. The summed E-state index contributed by atoms with van der Waals surface area (Å²) < 4.78 is 1.88.